The zero-order valence-corrected chi connectivity index (χ0v) is 12.5. The quantitative estimate of drug-likeness (QED) is 0.773. The molecule has 0 spiro atoms. The lowest BCUT2D eigenvalue weighted by molar-refractivity contribution is -0.176. The predicted octanol–water partition coefficient (Wildman–Crippen LogP) is 2.96. The molecular formula is C13H11F4NO4S. The average Bonchev–Trinajstić information content (AvgIpc) is 2.82. The molecule has 1 aromatic heterocycles. The van der Waals surface area contributed by atoms with Crippen molar-refractivity contribution in [1.29, 1.82) is 0 Å². The molecule has 23 heavy (non-hydrogen) atoms. The first-order chi connectivity index (χ1) is 10.6. The maximum absolute atomic E-state index is 12.9. The molecule has 0 aliphatic rings. The van der Waals surface area contributed by atoms with E-state index in [0.29, 0.717) is 0 Å². The van der Waals surface area contributed by atoms with Crippen molar-refractivity contribution < 1.29 is 35.1 Å². The molecule has 10 heteroatoms. The summed E-state index contributed by atoms with van der Waals surface area (Å²) < 4.78 is 81.8. The highest BCUT2D eigenvalue weighted by Crippen LogP contribution is 2.28. The summed E-state index contributed by atoms with van der Waals surface area (Å²) in [6, 6.07) is 4.76. The van der Waals surface area contributed by atoms with Crippen LogP contribution in [0.2, 0.25) is 0 Å². The highest BCUT2D eigenvalue weighted by atomic mass is 32.2. The molecule has 0 aliphatic heterocycles. The lowest BCUT2D eigenvalue weighted by Gasteiger charge is -2.06. The minimum Gasteiger partial charge on any atom is -0.428 e. The minimum absolute atomic E-state index is 0.0902. The standard InChI is InChI=1S/C13H11F4NO4S/c1-23(19,20)12-18-10(6-21-7-13(15,16)17)11(22-12)8-2-4-9(14)5-3-8/h2-5H,6-7H2,1H3. The Morgan fingerprint density at radius 3 is 2.35 bits per heavy atom. The third-order valence-electron chi connectivity index (χ3n) is 2.61. The van der Waals surface area contributed by atoms with Gasteiger partial charge in [-0.05, 0) is 24.3 Å². The van der Waals surface area contributed by atoms with Crippen LogP contribution in [0.3, 0.4) is 0 Å². The fraction of sp³-hybridized carbons (Fsp3) is 0.308. The Labute approximate surface area is 128 Å². The van der Waals surface area contributed by atoms with Crippen molar-refractivity contribution in [1.82, 2.24) is 4.98 Å². The van der Waals surface area contributed by atoms with Gasteiger partial charge in [-0.15, -0.1) is 0 Å². The van der Waals surface area contributed by atoms with Gasteiger partial charge in [0.1, 0.15) is 18.1 Å². The number of hydrogen-bond acceptors (Lipinski definition) is 5. The molecule has 0 atom stereocenters. The smallest absolute Gasteiger partial charge is 0.411 e. The molecule has 0 aliphatic carbocycles. The highest BCUT2D eigenvalue weighted by molar-refractivity contribution is 7.90. The van der Waals surface area contributed by atoms with Crippen LogP contribution < -0.4 is 0 Å². The van der Waals surface area contributed by atoms with Crippen LogP contribution in [0.15, 0.2) is 33.9 Å². The third-order valence-corrected chi connectivity index (χ3v) is 3.41. The van der Waals surface area contributed by atoms with Crippen molar-refractivity contribution in [2.75, 3.05) is 12.9 Å². The first kappa shape index (κ1) is 17.4. The molecule has 0 saturated heterocycles. The number of nitrogens with zero attached hydrogens (tertiary/aromatic N) is 1. The topological polar surface area (TPSA) is 69.4 Å². The molecule has 0 radical (unpaired) electrons. The molecule has 1 aromatic carbocycles. The van der Waals surface area contributed by atoms with Crippen LogP contribution in [0, 0.1) is 5.82 Å². The van der Waals surface area contributed by atoms with Gasteiger partial charge in [-0.3, -0.25) is 0 Å². The molecule has 0 bridgehead atoms. The van der Waals surface area contributed by atoms with Crippen LogP contribution in [0.1, 0.15) is 5.69 Å². The van der Waals surface area contributed by atoms with Gasteiger partial charge in [0.25, 0.3) is 0 Å². The Kier molecular flexibility index (Phi) is 4.76. The molecule has 1 heterocycles. The van der Waals surface area contributed by atoms with Crippen molar-refractivity contribution in [3.8, 4) is 11.3 Å². The van der Waals surface area contributed by atoms with Gasteiger partial charge in [0.15, 0.2) is 5.76 Å². The van der Waals surface area contributed by atoms with E-state index in [9.17, 15) is 26.0 Å². The highest BCUT2D eigenvalue weighted by Gasteiger charge is 2.28. The predicted molar refractivity (Wildman–Crippen MR) is 70.7 cm³/mol. The summed E-state index contributed by atoms with van der Waals surface area (Å²) in [7, 11) is -3.80. The zero-order valence-electron chi connectivity index (χ0n) is 11.7. The normalized spacial score (nSPS) is 12.6. The molecule has 0 fully saturated rings. The van der Waals surface area contributed by atoms with Gasteiger partial charge in [0, 0.05) is 11.8 Å². The summed E-state index contributed by atoms with van der Waals surface area (Å²) in [5.74, 6) is -0.626. The van der Waals surface area contributed by atoms with E-state index in [1.165, 1.54) is 12.1 Å². The maximum Gasteiger partial charge on any atom is 0.411 e. The number of oxazole rings is 1. The summed E-state index contributed by atoms with van der Waals surface area (Å²) in [5, 5.41) is -0.651. The number of alkyl halides is 3. The summed E-state index contributed by atoms with van der Waals surface area (Å²) in [4.78, 5) is 3.66. The molecule has 126 valence electrons. The Morgan fingerprint density at radius 2 is 1.83 bits per heavy atom. The molecule has 5 nitrogen and oxygen atoms in total. The first-order valence-electron chi connectivity index (χ1n) is 6.16. The molecule has 0 saturated carbocycles. The van der Waals surface area contributed by atoms with E-state index in [4.69, 9.17) is 4.42 Å². The van der Waals surface area contributed by atoms with Crippen molar-refractivity contribution in [2.24, 2.45) is 0 Å². The fourth-order valence-corrected chi connectivity index (χ4v) is 2.19. The van der Waals surface area contributed by atoms with E-state index in [1.54, 1.807) is 0 Å². The van der Waals surface area contributed by atoms with E-state index in [1.807, 2.05) is 0 Å². The van der Waals surface area contributed by atoms with Gasteiger partial charge in [0.05, 0.1) is 6.61 Å². The van der Waals surface area contributed by atoms with Crippen LogP contribution in [0.4, 0.5) is 17.6 Å². The van der Waals surface area contributed by atoms with E-state index in [0.717, 1.165) is 18.4 Å². The second-order valence-corrected chi connectivity index (χ2v) is 6.54. The number of benzene rings is 1. The second kappa shape index (κ2) is 6.28. The number of rotatable bonds is 5. The van der Waals surface area contributed by atoms with Crippen molar-refractivity contribution >= 4 is 9.84 Å². The summed E-state index contributed by atoms with van der Waals surface area (Å²) in [5.41, 5.74) is 0.140. The number of hydrogen-bond donors (Lipinski definition) is 0. The van der Waals surface area contributed by atoms with Gasteiger partial charge in [-0.2, -0.15) is 13.2 Å². The SMILES string of the molecule is CS(=O)(=O)c1nc(COCC(F)(F)F)c(-c2ccc(F)cc2)o1. The Hall–Kier alpha value is -1.94. The molecule has 0 unspecified atom stereocenters. The van der Waals surface area contributed by atoms with Gasteiger partial charge in [0.2, 0.25) is 9.84 Å². The number of aromatic nitrogens is 1. The van der Waals surface area contributed by atoms with Crippen LogP contribution >= 0.6 is 0 Å². The molecule has 2 rings (SSSR count). The van der Waals surface area contributed by atoms with Crippen LogP contribution in [-0.4, -0.2) is 32.4 Å². The summed E-state index contributed by atoms with van der Waals surface area (Å²) >= 11 is 0. The summed E-state index contributed by atoms with van der Waals surface area (Å²) in [6.45, 7) is -2.12. The zero-order chi connectivity index (χ0) is 17.3. The van der Waals surface area contributed by atoms with Crippen LogP contribution in [0.5, 0.6) is 0 Å². The monoisotopic (exact) mass is 353 g/mol. The van der Waals surface area contributed by atoms with Gasteiger partial charge in [-0.25, -0.2) is 17.8 Å². The number of ether oxygens (including phenoxy) is 1. The molecular weight excluding hydrogens is 342 g/mol. The maximum atomic E-state index is 12.9. The second-order valence-electron chi connectivity index (χ2n) is 4.64. The Balaban J connectivity index is 2.35. The van der Waals surface area contributed by atoms with Gasteiger partial charge < -0.3 is 9.15 Å². The Bertz CT molecular complexity index is 781. The van der Waals surface area contributed by atoms with Crippen molar-refractivity contribution in [3.63, 3.8) is 0 Å². The number of halogens is 4. The van der Waals surface area contributed by atoms with E-state index in [-0.39, 0.29) is 17.0 Å². The van der Waals surface area contributed by atoms with Crippen LogP contribution in [-0.2, 0) is 21.2 Å². The molecule has 0 N–H and O–H groups in total. The van der Waals surface area contributed by atoms with Crippen molar-refractivity contribution in [3.05, 3.63) is 35.8 Å². The molecule has 0 amide bonds. The average molecular weight is 353 g/mol. The van der Waals surface area contributed by atoms with Gasteiger partial charge in [-0.1, -0.05) is 0 Å². The van der Waals surface area contributed by atoms with E-state index < -0.39 is 40.3 Å². The van der Waals surface area contributed by atoms with E-state index >= 15 is 0 Å². The number of sulfone groups is 1. The third kappa shape index (κ3) is 4.76. The molecule has 2 aromatic rings. The minimum atomic E-state index is -4.53. The lowest BCUT2D eigenvalue weighted by Crippen LogP contribution is -2.17. The fourth-order valence-electron chi connectivity index (χ4n) is 1.68. The lowest BCUT2D eigenvalue weighted by atomic mass is 10.1. The summed E-state index contributed by atoms with van der Waals surface area (Å²) in [6.07, 6.45) is -3.69. The van der Waals surface area contributed by atoms with E-state index in [2.05, 4.69) is 9.72 Å². The van der Waals surface area contributed by atoms with Gasteiger partial charge >= 0.3 is 11.4 Å². The Morgan fingerprint density at radius 1 is 1.22 bits per heavy atom. The van der Waals surface area contributed by atoms with Crippen molar-refractivity contribution in [2.45, 2.75) is 18.0 Å². The van der Waals surface area contributed by atoms with Crippen LogP contribution in [0.25, 0.3) is 11.3 Å². The largest absolute Gasteiger partial charge is 0.428 e. The first-order valence-corrected chi connectivity index (χ1v) is 8.05.